The van der Waals surface area contributed by atoms with Gasteiger partial charge in [-0.3, -0.25) is 4.79 Å². The Morgan fingerprint density at radius 3 is 2.81 bits per heavy atom. The molecule has 0 saturated heterocycles. The molecule has 1 aliphatic rings. The molecular weight excluding hydrogens is 430 g/mol. The fourth-order valence-electron chi connectivity index (χ4n) is 3.63. The number of aromatic nitrogens is 2. The Balaban J connectivity index is 1.33. The van der Waals surface area contributed by atoms with Crippen LogP contribution < -0.4 is 14.8 Å². The van der Waals surface area contributed by atoms with Crippen LogP contribution in [0.1, 0.15) is 10.4 Å². The van der Waals surface area contributed by atoms with E-state index >= 15 is 0 Å². The molecule has 0 radical (unpaired) electrons. The monoisotopic (exact) mass is 449 g/mol. The second-order valence-electron chi connectivity index (χ2n) is 7.12. The van der Waals surface area contributed by atoms with Crippen molar-refractivity contribution >= 4 is 39.2 Å². The largest absolute Gasteiger partial charge is 0.486 e. The van der Waals surface area contributed by atoms with Gasteiger partial charge in [0.25, 0.3) is 0 Å². The van der Waals surface area contributed by atoms with Crippen LogP contribution in [0.15, 0.2) is 54.0 Å². The van der Waals surface area contributed by atoms with Crippen LogP contribution >= 0.6 is 11.3 Å². The number of carbonyl (C=O) groups excluding carboxylic acids is 2. The summed E-state index contributed by atoms with van der Waals surface area (Å²) in [6.45, 7) is 1.09. The molecular formula is C23H19N3O5S. The predicted molar refractivity (Wildman–Crippen MR) is 120 cm³/mol. The minimum absolute atomic E-state index is 0.0381. The molecule has 0 unspecified atom stereocenters. The number of thiazole rings is 1. The first kappa shape index (κ1) is 20.1. The van der Waals surface area contributed by atoms with Gasteiger partial charge in [-0.05, 0) is 24.3 Å². The molecule has 0 fully saturated rings. The second-order valence-corrected chi connectivity index (χ2v) is 7.98. The van der Waals surface area contributed by atoms with Gasteiger partial charge in [0.15, 0.2) is 16.6 Å². The number of hydrogen-bond donors (Lipinski definition) is 1. The van der Waals surface area contributed by atoms with E-state index in [1.54, 1.807) is 10.8 Å². The molecule has 8 nitrogen and oxygen atoms in total. The summed E-state index contributed by atoms with van der Waals surface area (Å²) in [5.74, 6) is 0.719. The van der Waals surface area contributed by atoms with E-state index in [1.807, 2.05) is 47.8 Å². The van der Waals surface area contributed by atoms with Crippen LogP contribution in [0.3, 0.4) is 0 Å². The van der Waals surface area contributed by atoms with E-state index in [0.717, 1.165) is 22.2 Å². The average Bonchev–Trinajstić information content (AvgIpc) is 3.43. The highest BCUT2D eigenvalue weighted by atomic mass is 32.1. The highest BCUT2D eigenvalue weighted by Crippen LogP contribution is 2.35. The van der Waals surface area contributed by atoms with Gasteiger partial charge < -0.3 is 24.1 Å². The number of benzene rings is 2. The van der Waals surface area contributed by atoms with Gasteiger partial charge in [0.1, 0.15) is 19.8 Å². The van der Waals surface area contributed by atoms with Crippen molar-refractivity contribution in [1.29, 1.82) is 0 Å². The zero-order valence-corrected chi connectivity index (χ0v) is 18.0. The lowest BCUT2D eigenvalue weighted by Gasteiger charge is -2.18. The minimum atomic E-state index is -0.440. The maximum Gasteiger partial charge on any atom is 0.340 e. The summed E-state index contributed by atoms with van der Waals surface area (Å²) in [6, 6.07) is 13.0. The van der Waals surface area contributed by atoms with E-state index in [1.165, 1.54) is 18.4 Å². The number of rotatable bonds is 5. The number of carbonyl (C=O) groups is 2. The lowest BCUT2D eigenvalue weighted by Crippen LogP contribution is -2.18. The Labute approximate surface area is 187 Å². The summed E-state index contributed by atoms with van der Waals surface area (Å²) < 4.78 is 17.8. The molecule has 0 saturated carbocycles. The zero-order chi connectivity index (χ0) is 22.1. The predicted octanol–water partition coefficient (Wildman–Crippen LogP) is 3.96. The van der Waals surface area contributed by atoms with Gasteiger partial charge in [0, 0.05) is 28.0 Å². The quantitative estimate of drug-likeness (QED) is 0.464. The summed E-state index contributed by atoms with van der Waals surface area (Å²) in [4.78, 5) is 29.3. The summed E-state index contributed by atoms with van der Waals surface area (Å²) in [5.41, 5.74) is 2.82. The topological polar surface area (TPSA) is 91.7 Å². The number of ether oxygens (including phenoxy) is 3. The Bertz CT molecular complexity index is 1330. The van der Waals surface area contributed by atoms with Crippen LogP contribution in [0, 0.1) is 0 Å². The van der Waals surface area contributed by atoms with E-state index in [4.69, 9.17) is 14.2 Å². The molecule has 5 rings (SSSR count). The first-order chi connectivity index (χ1) is 15.6. The fraction of sp³-hybridized carbons (Fsp3) is 0.174. The van der Waals surface area contributed by atoms with E-state index in [2.05, 4.69) is 10.3 Å². The molecule has 162 valence electrons. The van der Waals surface area contributed by atoms with E-state index in [9.17, 15) is 9.59 Å². The fourth-order valence-corrected chi connectivity index (χ4v) is 4.37. The minimum Gasteiger partial charge on any atom is -0.486 e. The van der Waals surface area contributed by atoms with Crippen molar-refractivity contribution in [1.82, 2.24) is 9.55 Å². The standard InChI is InChI=1S/C23H19N3O5S/c1-29-22(28)16-11-26(18-5-3-2-4-15(16)18)12-21(27)25-23-24-17(13-32-23)14-6-7-19-20(10-14)31-9-8-30-19/h2-7,10-11,13H,8-9,12H2,1H3,(H,24,25,27). The molecule has 1 N–H and O–H groups in total. The van der Waals surface area contributed by atoms with Crippen LogP contribution in [0.25, 0.3) is 22.2 Å². The summed E-state index contributed by atoms with van der Waals surface area (Å²) in [5, 5.41) is 5.94. The third-order valence-corrected chi connectivity index (χ3v) is 5.85. The smallest absolute Gasteiger partial charge is 0.340 e. The van der Waals surface area contributed by atoms with Crippen molar-refractivity contribution in [3.05, 3.63) is 59.6 Å². The molecule has 0 aliphatic carbocycles. The summed E-state index contributed by atoms with van der Waals surface area (Å²) >= 11 is 1.34. The lowest BCUT2D eigenvalue weighted by atomic mass is 10.1. The number of esters is 1. The normalized spacial score (nSPS) is 12.5. The van der Waals surface area contributed by atoms with Gasteiger partial charge in [0.05, 0.1) is 18.4 Å². The molecule has 32 heavy (non-hydrogen) atoms. The van der Waals surface area contributed by atoms with Crippen molar-refractivity contribution in [3.63, 3.8) is 0 Å². The van der Waals surface area contributed by atoms with Gasteiger partial charge in [0.2, 0.25) is 5.91 Å². The van der Waals surface area contributed by atoms with Gasteiger partial charge >= 0.3 is 5.97 Å². The number of amides is 1. The lowest BCUT2D eigenvalue weighted by molar-refractivity contribution is -0.116. The van der Waals surface area contributed by atoms with E-state index < -0.39 is 5.97 Å². The first-order valence-corrected chi connectivity index (χ1v) is 10.8. The Hall–Kier alpha value is -3.85. The summed E-state index contributed by atoms with van der Waals surface area (Å²) in [7, 11) is 1.34. The number of fused-ring (bicyclic) bond motifs is 2. The van der Waals surface area contributed by atoms with Crippen molar-refractivity contribution in [2.45, 2.75) is 6.54 Å². The third kappa shape index (κ3) is 3.78. The van der Waals surface area contributed by atoms with Crippen LogP contribution in [0.5, 0.6) is 11.5 Å². The molecule has 1 amide bonds. The van der Waals surface area contributed by atoms with Gasteiger partial charge in [-0.15, -0.1) is 11.3 Å². The maximum atomic E-state index is 12.7. The number of methoxy groups -OCH3 is 1. The van der Waals surface area contributed by atoms with Crippen molar-refractivity contribution < 1.29 is 23.8 Å². The number of anilines is 1. The molecule has 2 aromatic carbocycles. The first-order valence-electron chi connectivity index (χ1n) is 9.94. The van der Waals surface area contributed by atoms with Crippen molar-refractivity contribution in [3.8, 4) is 22.8 Å². The molecule has 0 spiro atoms. The van der Waals surface area contributed by atoms with Gasteiger partial charge in [-0.1, -0.05) is 18.2 Å². The van der Waals surface area contributed by atoms with Crippen molar-refractivity contribution in [2.75, 3.05) is 25.6 Å². The average molecular weight is 449 g/mol. The van der Waals surface area contributed by atoms with E-state index in [0.29, 0.717) is 35.4 Å². The molecule has 1 aliphatic heterocycles. The highest BCUT2D eigenvalue weighted by molar-refractivity contribution is 7.14. The van der Waals surface area contributed by atoms with Gasteiger partial charge in [-0.2, -0.15) is 0 Å². The highest BCUT2D eigenvalue weighted by Gasteiger charge is 2.18. The van der Waals surface area contributed by atoms with Crippen LogP contribution in [-0.2, 0) is 16.1 Å². The van der Waals surface area contributed by atoms with Crippen LogP contribution in [-0.4, -0.2) is 41.8 Å². The summed E-state index contributed by atoms with van der Waals surface area (Å²) in [6.07, 6.45) is 1.64. The molecule has 9 heteroatoms. The zero-order valence-electron chi connectivity index (χ0n) is 17.2. The van der Waals surface area contributed by atoms with E-state index in [-0.39, 0.29) is 12.5 Å². The SMILES string of the molecule is COC(=O)c1cn(CC(=O)Nc2nc(-c3ccc4c(c3)OCCO4)cs2)c2ccccc12. The second kappa shape index (κ2) is 8.35. The van der Waals surface area contributed by atoms with Crippen LogP contribution in [0.2, 0.25) is 0 Å². The number of para-hydroxylation sites is 1. The molecule has 2 aromatic heterocycles. The molecule has 4 aromatic rings. The Kier molecular flexibility index (Phi) is 5.24. The molecule has 3 heterocycles. The molecule has 0 atom stereocenters. The molecule has 0 bridgehead atoms. The van der Waals surface area contributed by atoms with Crippen molar-refractivity contribution in [2.24, 2.45) is 0 Å². The Morgan fingerprint density at radius 2 is 1.97 bits per heavy atom. The van der Waals surface area contributed by atoms with Crippen LogP contribution in [0.4, 0.5) is 5.13 Å². The number of nitrogens with zero attached hydrogens (tertiary/aromatic N) is 2. The maximum absolute atomic E-state index is 12.7. The number of hydrogen-bond acceptors (Lipinski definition) is 7. The Morgan fingerprint density at radius 1 is 1.16 bits per heavy atom. The van der Waals surface area contributed by atoms with Gasteiger partial charge in [-0.25, -0.2) is 9.78 Å². The number of nitrogens with one attached hydrogen (secondary N) is 1. The third-order valence-electron chi connectivity index (χ3n) is 5.10.